The molecule has 0 saturated heterocycles. The molecule has 3 nitrogen and oxygen atoms in total. The first-order chi connectivity index (χ1) is 10.2. The molecular formula is C18H19NO2. The third-order valence-electron chi connectivity index (χ3n) is 3.69. The number of hydrogen-bond donors (Lipinski definition) is 1. The monoisotopic (exact) mass is 281 g/mol. The Balaban J connectivity index is 1.91. The molecule has 1 unspecified atom stereocenters. The van der Waals surface area contributed by atoms with E-state index in [2.05, 4.69) is 37.4 Å². The second-order valence-corrected chi connectivity index (χ2v) is 5.21. The molecule has 3 rings (SSSR count). The van der Waals surface area contributed by atoms with Gasteiger partial charge in [0.05, 0.1) is 13.2 Å². The van der Waals surface area contributed by atoms with Crippen LogP contribution in [0.25, 0.3) is 11.0 Å². The quantitative estimate of drug-likeness (QED) is 0.736. The van der Waals surface area contributed by atoms with Gasteiger partial charge < -0.3 is 14.5 Å². The van der Waals surface area contributed by atoms with E-state index in [1.807, 2.05) is 30.3 Å². The minimum atomic E-state index is 0.0863. The Morgan fingerprint density at radius 3 is 2.67 bits per heavy atom. The summed E-state index contributed by atoms with van der Waals surface area (Å²) in [5.74, 6) is 1.67. The molecule has 0 spiro atoms. The van der Waals surface area contributed by atoms with E-state index >= 15 is 0 Å². The van der Waals surface area contributed by atoms with E-state index in [1.165, 1.54) is 5.56 Å². The lowest BCUT2D eigenvalue weighted by Crippen LogP contribution is -2.06. The Kier molecular flexibility index (Phi) is 3.57. The number of rotatable bonds is 4. The van der Waals surface area contributed by atoms with Gasteiger partial charge in [-0.15, -0.1) is 0 Å². The minimum Gasteiger partial charge on any atom is -0.493 e. The predicted molar refractivity (Wildman–Crippen MR) is 86.0 cm³/mol. The number of fused-ring (bicyclic) bond motifs is 1. The summed E-state index contributed by atoms with van der Waals surface area (Å²) in [7, 11) is 1.66. The summed E-state index contributed by atoms with van der Waals surface area (Å²) in [5.41, 5.74) is 3.14. The van der Waals surface area contributed by atoms with Gasteiger partial charge in [-0.1, -0.05) is 30.3 Å². The van der Waals surface area contributed by atoms with Crippen molar-refractivity contribution < 1.29 is 9.15 Å². The van der Waals surface area contributed by atoms with Gasteiger partial charge in [-0.2, -0.15) is 0 Å². The highest BCUT2D eigenvalue weighted by Crippen LogP contribution is 2.32. The zero-order valence-electron chi connectivity index (χ0n) is 12.5. The highest BCUT2D eigenvalue weighted by atomic mass is 16.5. The normalized spacial score (nSPS) is 12.3. The van der Waals surface area contributed by atoms with Crippen LogP contribution in [0, 0.1) is 6.92 Å². The second-order valence-electron chi connectivity index (χ2n) is 5.21. The largest absolute Gasteiger partial charge is 0.493 e. The molecule has 3 aromatic rings. The Morgan fingerprint density at radius 1 is 1.10 bits per heavy atom. The van der Waals surface area contributed by atoms with Gasteiger partial charge in [0.15, 0.2) is 11.3 Å². The van der Waals surface area contributed by atoms with E-state index in [1.54, 1.807) is 7.11 Å². The van der Waals surface area contributed by atoms with Crippen LogP contribution in [0.3, 0.4) is 0 Å². The highest BCUT2D eigenvalue weighted by molar-refractivity contribution is 5.83. The van der Waals surface area contributed by atoms with Crippen molar-refractivity contribution in [1.29, 1.82) is 0 Å². The number of methoxy groups -OCH3 is 1. The fourth-order valence-corrected chi connectivity index (χ4v) is 2.47. The zero-order chi connectivity index (χ0) is 14.8. The summed E-state index contributed by atoms with van der Waals surface area (Å²) in [5, 5.41) is 4.55. The molecule has 0 aliphatic carbocycles. The van der Waals surface area contributed by atoms with Crippen LogP contribution in [0.5, 0.6) is 5.75 Å². The Labute approximate surface area is 124 Å². The van der Waals surface area contributed by atoms with Crippen LogP contribution < -0.4 is 10.1 Å². The van der Waals surface area contributed by atoms with Crippen molar-refractivity contribution in [2.45, 2.75) is 19.9 Å². The van der Waals surface area contributed by atoms with Gasteiger partial charge in [0.2, 0.25) is 0 Å². The van der Waals surface area contributed by atoms with Gasteiger partial charge in [0, 0.05) is 11.1 Å². The van der Waals surface area contributed by atoms with E-state index in [0.717, 1.165) is 28.2 Å². The first-order valence-corrected chi connectivity index (χ1v) is 7.07. The van der Waals surface area contributed by atoms with Crippen LogP contribution in [-0.4, -0.2) is 7.11 Å². The maximum Gasteiger partial charge on any atom is 0.176 e. The van der Waals surface area contributed by atoms with Crippen molar-refractivity contribution in [1.82, 2.24) is 0 Å². The Hall–Kier alpha value is -2.42. The average molecular weight is 281 g/mol. The maximum absolute atomic E-state index is 5.98. The molecule has 0 bridgehead atoms. The third-order valence-corrected chi connectivity index (χ3v) is 3.69. The summed E-state index contributed by atoms with van der Waals surface area (Å²) in [6.07, 6.45) is 0. The molecule has 108 valence electrons. The van der Waals surface area contributed by atoms with Gasteiger partial charge >= 0.3 is 0 Å². The van der Waals surface area contributed by atoms with Crippen molar-refractivity contribution in [3.63, 3.8) is 0 Å². The number of aryl methyl sites for hydroxylation is 1. The van der Waals surface area contributed by atoms with Crippen LogP contribution in [0.1, 0.15) is 24.3 Å². The molecule has 0 fully saturated rings. The molecule has 1 N–H and O–H groups in total. The van der Waals surface area contributed by atoms with Crippen LogP contribution in [0.4, 0.5) is 5.69 Å². The van der Waals surface area contributed by atoms with E-state index in [0.29, 0.717) is 0 Å². The molecule has 0 radical (unpaired) electrons. The number of furan rings is 1. The molecule has 3 heteroatoms. The fourth-order valence-electron chi connectivity index (χ4n) is 2.47. The smallest absolute Gasteiger partial charge is 0.176 e. The summed E-state index contributed by atoms with van der Waals surface area (Å²) in [6, 6.07) is 16.3. The lowest BCUT2D eigenvalue weighted by Gasteiger charge is -2.14. The van der Waals surface area contributed by atoms with Crippen LogP contribution >= 0.6 is 0 Å². The van der Waals surface area contributed by atoms with Crippen molar-refractivity contribution in [2.75, 3.05) is 12.4 Å². The molecule has 0 aliphatic rings. The van der Waals surface area contributed by atoms with Crippen molar-refractivity contribution >= 4 is 16.7 Å². The summed E-state index contributed by atoms with van der Waals surface area (Å²) >= 11 is 0. The predicted octanol–water partition coefficient (Wildman–Crippen LogP) is 4.92. The van der Waals surface area contributed by atoms with Crippen molar-refractivity contribution in [2.24, 2.45) is 0 Å². The van der Waals surface area contributed by atoms with Gasteiger partial charge in [-0.3, -0.25) is 0 Å². The summed E-state index contributed by atoms with van der Waals surface area (Å²) in [6.45, 7) is 4.19. The molecular weight excluding hydrogens is 262 g/mol. The Bertz CT molecular complexity index is 761. The standard InChI is InChI=1S/C18H19NO2/c1-12-7-4-5-9-15(12)19-13(2)17-11-14-8-6-10-16(20-3)18(14)21-17/h4-11,13,19H,1-3H3. The second kappa shape index (κ2) is 5.52. The number of ether oxygens (including phenoxy) is 1. The molecule has 0 saturated carbocycles. The van der Waals surface area contributed by atoms with Gasteiger partial charge in [-0.05, 0) is 37.6 Å². The maximum atomic E-state index is 5.98. The third kappa shape index (κ3) is 2.59. The molecule has 0 aliphatic heterocycles. The van der Waals surface area contributed by atoms with Crippen molar-refractivity contribution in [3.05, 3.63) is 59.9 Å². The number of benzene rings is 2. The topological polar surface area (TPSA) is 34.4 Å². The van der Waals surface area contributed by atoms with E-state index in [9.17, 15) is 0 Å². The van der Waals surface area contributed by atoms with Crippen LogP contribution in [0.15, 0.2) is 52.9 Å². The number of hydrogen-bond acceptors (Lipinski definition) is 3. The Morgan fingerprint density at radius 2 is 1.90 bits per heavy atom. The molecule has 0 amide bonds. The highest BCUT2D eigenvalue weighted by Gasteiger charge is 2.14. The number of para-hydroxylation sites is 2. The first-order valence-electron chi connectivity index (χ1n) is 7.07. The molecule has 1 heterocycles. The average Bonchev–Trinajstić information content (AvgIpc) is 2.93. The minimum absolute atomic E-state index is 0.0863. The molecule has 1 aromatic heterocycles. The molecule has 1 atom stereocenters. The number of nitrogens with one attached hydrogen (secondary N) is 1. The zero-order valence-corrected chi connectivity index (χ0v) is 12.5. The lowest BCUT2D eigenvalue weighted by molar-refractivity contribution is 0.406. The van der Waals surface area contributed by atoms with Gasteiger partial charge in [0.25, 0.3) is 0 Å². The van der Waals surface area contributed by atoms with E-state index in [-0.39, 0.29) is 6.04 Å². The fraction of sp³-hybridized carbons (Fsp3) is 0.222. The molecule has 2 aromatic carbocycles. The lowest BCUT2D eigenvalue weighted by atomic mass is 10.1. The van der Waals surface area contributed by atoms with Gasteiger partial charge in [0.1, 0.15) is 5.76 Å². The first kappa shape index (κ1) is 13.6. The SMILES string of the molecule is COc1cccc2cc(C(C)Nc3ccccc3C)oc12. The van der Waals surface area contributed by atoms with Crippen LogP contribution in [0.2, 0.25) is 0 Å². The number of anilines is 1. The molecule has 21 heavy (non-hydrogen) atoms. The van der Waals surface area contributed by atoms with E-state index < -0.39 is 0 Å². The van der Waals surface area contributed by atoms with Crippen LogP contribution in [-0.2, 0) is 0 Å². The van der Waals surface area contributed by atoms with E-state index in [4.69, 9.17) is 9.15 Å². The van der Waals surface area contributed by atoms with Gasteiger partial charge in [-0.25, -0.2) is 0 Å². The summed E-state index contributed by atoms with van der Waals surface area (Å²) in [4.78, 5) is 0. The summed E-state index contributed by atoms with van der Waals surface area (Å²) < 4.78 is 11.3. The van der Waals surface area contributed by atoms with Crippen molar-refractivity contribution in [3.8, 4) is 5.75 Å².